The summed E-state index contributed by atoms with van der Waals surface area (Å²) in [4.78, 5) is 19.1. The number of β-amino-alcohol motifs (C(OH)–C–C–N with tert-alkyl or cyclic N) is 1. The van der Waals surface area contributed by atoms with Gasteiger partial charge >= 0.3 is 0 Å². The first-order valence-corrected chi connectivity index (χ1v) is 13.8. The zero-order valence-corrected chi connectivity index (χ0v) is 20.5. The van der Waals surface area contributed by atoms with Crippen LogP contribution in [0.2, 0.25) is 0 Å². The molecule has 2 aliphatic rings. The molecule has 1 atom stereocenters. The summed E-state index contributed by atoms with van der Waals surface area (Å²) in [5, 5.41) is 13.3. The van der Waals surface area contributed by atoms with Crippen molar-refractivity contribution >= 4 is 15.9 Å². The summed E-state index contributed by atoms with van der Waals surface area (Å²) < 4.78 is 24.9. The standard InChI is InChI=1S/C25H34N4O4S/c1-34(32,33)29-10-6-19(7-11-29)12-20-13-23(15-26-14-20)25(31)27-16-24(30)18-28-9-8-21-4-2-3-5-22(21)17-28/h2-5,13-15,19,24,30H,6-12,16-18H2,1H3,(H,27,31)/t24-/m0/s1. The molecule has 0 radical (unpaired) electrons. The van der Waals surface area contributed by atoms with Gasteiger partial charge in [0.05, 0.1) is 17.9 Å². The first-order chi connectivity index (χ1) is 16.3. The Morgan fingerprint density at radius 1 is 1.18 bits per heavy atom. The van der Waals surface area contributed by atoms with E-state index in [0.717, 1.165) is 44.3 Å². The van der Waals surface area contributed by atoms with Crippen molar-refractivity contribution < 1.29 is 18.3 Å². The van der Waals surface area contributed by atoms with Crippen molar-refractivity contribution in [2.45, 2.75) is 38.3 Å². The number of benzene rings is 1. The van der Waals surface area contributed by atoms with Crippen LogP contribution in [0.1, 0.15) is 39.9 Å². The summed E-state index contributed by atoms with van der Waals surface area (Å²) in [7, 11) is -3.13. The van der Waals surface area contributed by atoms with Crippen LogP contribution in [-0.4, -0.2) is 78.7 Å². The van der Waals surface area contributed by atoms with Gasteiger partial charge < -0.3 is 10.4 Å². The second kappa shape index (κ2) is 10.9. The van der Waals surface area contributed by atoms with Gasteiger partial charge in [0.1, 0.15) is 0 Å². The molecule has 3 heterocycles. The fraction of sp³-hybridized carbons (Fsp3) is 0.520. The summed E-state index contributed by atoms with van der Waals surface area (Å²) in [6.07, 6.45) is 7.26. The van der Waals surface area contributed by atoms with Crippen LogP contribution in [0.5, 0.6) is 0 Å². The molecule has 184 valence electrons. The van der Waals surface area contributed by atoms with Crippen molar-refractivity contribution in [2.24, 2.45) is 5.92 Å². The van der Waals surface area contributed by atoms with Crippen molar-refractivity contribution in [3.05, 3.63) is 65.0 Å². The molecule has 9 heteroatoms. The van der Waals surface area contributed by atoms with E-state index < -0.39 is 16.1 Å². The Labute approximate surface area is 202 Å². The number of pyridine rings is 1. The predicted octanol–water partition coefficient (Wildman–Crippen LogP) is 1.44. The molecule has 0 spiro atoms. The number of piperidine rings is 1. The van der Waals surface area contributed by atoms with Crippen LogP contribution in [0.4, 0.5) is 0 Å². The fourth-order valence-corrected chi connectivity index (χ4v) is 5.76. The highest BCUT2D eigenvalue weighted by Crippen LogP contribution is 2.23. The highest BCUT2D eigenvalue weighted by molar-refractivity contribution is 7.88. The van der Waals surface area contributed by atoms with Gasteiger partial charge in [-0.1, -0.05) is 24.3 Å². The minimum Gasteiger partial charge on any atom is -0.390 e. The number of nitrogens with zero attached hydrogens (tertiary/aromatic N) is 3. The van der Waals surface area contributed by atoms with Gasteiger partial charge in [-0.15, -0.1) is 0 Å². The van der Waals surface area contributed by atoms with Crippen LogP contribution in [0.15, 0.2) is 42.7 Å². The smallest absolute Gasteiger partial charge is 0.252 e. The van der Waals surface area contributed by atoms with Gasteiger partial charge in [0, 0.05) is 51.7 Å². The lowest BCUT2D eigenvalue weighted by Gasteiger charge is -2.30. The minimum absolute atomic E-state index is 0.186. The molecule has 2 N–H and O–H groups in total. The van der Waals surface area contributed by atoms with Crippen molar-refractivity contribution in [3.8, 4) is 0 Å². The molecule has 2 aliphatic heterocycles. The number of hydrogen-bond acceptors (Lipinski definition) is 6. The average Bonchev–Trinajstić information content (AvgIpc) is 2.82. The number of carbonyl (C=O) groups is 1. The van der Waals surface area contributed by atoms with E-state index in [1.807, 2.05) is 12.1 Å². The number of fused-ring (bicyclic) bond motifs is 1. The summed E-state index contributed by atoms with van der Waals surface area (Å²) >= 11 is 0. The van der Waals surface area contributed by atoms with Gasteiger partial charge in [0.2, 0.25) is 10.0 Å². The monoisotopic (exact) mass is 486 g/mol. The molecule has 34 heavy (non-hydrogen) atoms. The number of sulfonamides is 1. The van der Waals surface area contributed by atoms with Crippen molar-refractivity contribution in [1.29, 1.82) is 0 Å². The van der Waals surface area contributed by atoms with E-state index in [1.54, 1.807) is 12.4 Å². The van der Waals surface area contributed by atoms with Crippen LogP contribution < -0.4 is 5.32 Å². The first kappa shape index (κ1) is 24.8. The van der Waals surface area contributed by atoms with Gasteiger partial charge in [-0.3, -0.25) is 14.7 Å². The lowest BCUT2D eigenvalue weighted by molar-refractivity contribution is 0.0841. The Morgan fingerprint density at radius 2 is 1.91 bits per heavy atom. The lowest BCUT2D eigenvalue weighted by atomic mass is 9.91. The molecule has 0 bridgehead atoms. The predicted molar refractivity (Wildman–Crippen MR) is 131 cm³/mol. The van der Waals surface area contributed by atoms with Crippen LogP contribution in [-0.2, 0) is 29.4 Å². The van der Waals surface area contributed by atoms with Crippen molar-refractivity contribution in [3.63, 3.8) is 0 Å². The number of amides is 1. The number of aromatic nitrogens is 1. The Morgan fingerprint density at radius 3 is 2.65 bits per heavy atom. The van der Waals surface area contributed by atoms with Crippen LogP contribution >= 0.6 is 0 Å². The second-order valence-corrected chi connectivity index (χ2v) is 11.5. The zero-order valence-electron chi connectivity index (χ0n) is 19.7. The summed E-state index contributed by atoms with van der Waals surface area (Å²) in [6.45, 7) is 3.49. The molecular formula is C25H34N4O4S. The minimum atomic E-state index is -3.13. The normalized spacial score (nSPS) is 18.9. The molecular weight excluding hydrogens is 452 g/mol. The van der Waals surface area contributed by atoms with E-state index in [9.17, 15) is 18.3 Å². The van der Waals surface area contributed by atoms with Crippen LogP contribution in [0.3, 0.4) is 0 Å². The topological polar surface area (TPSA) is 103 Å². The molecule has 1 saturated heterocycles. The van der Waals surface area contributed by atoms with Crippen molar-refractivity contribution in [1.82, 2.24) is 19.5 Å². The zero-order chi connectivity index (χ0) is 24.1. The quantitative estimate of drug-likeness (QED) is 0.586. The van der Waals surface area contributed by atoms with Gasteiger partial charge in [-0.2, -0.15) is 0 Å². The van der Waals surface area contributed by atoms with E-state index in [1.165, 1.54) is 21.7 Å². The number of aliphatic hydroxyl groups excluding tert-OH is 1. The number of carbonyl (C=O) groups excluding carboxylic acids is 1. The van der Waals surface area contributed by atoms with E-state index >= 15 is 0 Å². The van der Waals surface area contributed by atoms with E-state index in [2.05, 4.69) is 33.4 Å². The first-order valence-electron chi connectivity index (χ1n) is 11.9. The van der Waals surface area contributed by atoms with E-state index in [0.29, 0.717) is 31.1 Å². The molecule has 1 fully saturated rings. The van der Waals surface area contributed by atoms with E-state index in [4.69, 9.17) is 0 Å². The van der Waals surface area contributed by atoms with Crippen LogP contribution in [0.25, 0.3) is 0 Å². The maximum atomic E-state index is 12.7. The third kappa shape index (κ3) is 6.63. The second-order valence-electron chi connectivity index (χ2n) is 9.51. The molecule has 8 nitrogen and oxygen atoms in total. The number of aliphatic hydroxyl groups is 1. The Balaban J connectivity index is 1.23. The molecule has 1 aromatic carbocycles. The average molecular weight is 487 g/mol. The third-order valence-corrected chi connectivity index (χ3v) is 8.10. The number of hydrogen-bond donors (Lipinski definition) is 2. The van der Waals surface area contributed by atoms with E-state index in [-0.39, 0.29) is 12.5 Å². The maximum Gasteiger partial charge on any atom is 0.252 e. The molecule has 0 unspecified atom stereocenters. The molecule has 4 rings (SSSR count). The Hall–Kier alpha value is -2.33. The third-order valence-electron chi connectivity index (χ3n) is 6.80. The van der Waals surface area contributed by atoms with Gasteiger partial charge in [0.15, 0.2) is 0 Å². The Bertz CT molecular complexity index is 1100. The lowest BCUT2D eigenvalue weighted by Crippen LogP contribution is -2.42. The van der Waals surface area contributed by atoms with Gasteiger partial charge in [-0.05, 0) is 54.4 Å². The molecule has 1 aromatic heterocycles. The summed E-state index contributed by atoms with van der Waals surface area (Å²) in [5.74, 6) is 0.124. The molecule has 2 aromatic rings. The largest absolute Gasteiger partial charge is 0.390 e. The molecule has 0 aliphatic carbocycles. The van der Waals surface area contributed by atoms with Gasteiger partial charge in [-0.25, -0.2) is 12.7 Å². The highest BCUT2D eigenvalue weighted by atomic mass is 32.2. The molecule has 1 amide bonds. The molecule has 0 saturated carbocycles. The fourth-order valence-electron chi connectivity index (χ4n) is 4.89. The SMILES string of the molecule is CS(=O)(=O)N1CCC(Cc2cncc(C(=O)NC[C@H](O)CN3CCc4ccccc4C3)c2)CC1. The number of rotatable bonds is 8. The number of nitrogens with one attached hydrogen (secondary N) is 1. The summed E-state index contributed by atoms with van der Waals surface area (Å²) in [6, 6.07) is 10.2. The van der Waals surface area contributed by atoms with Crippen LogP contribution in [0, 0.1) is 5.92 Å². The Kier molecular flexibility index (Phi) is 7.98. The maximum absolute atomic E-state index is 12.7. The highest BCUT2D eigenvalue weighted by Gasteiger charge is 2.25. The summed E-state index contributed by atoms with van der Waals surface area (Å²) in [5.41, 5.74) is 4.12. The van der Waals surface area contributed by atoms with Crippen molar-refractivity contribution in [2.75, 3.05) is 39.0 Å². The van der Waals surface area contributed by atoms with Gasteiger partial charge in [0.25, 0.3) is 5.91 Å².